The van der Waals surface area contributed by atoms with Crippen molar-refractivity contribution in [3.63, 3.8) is 0 Å². The van der Waals surface area contributed by atoms with Crippen molar-refractivity contribution in [3.8, 4) is 5.75 Å². The van der Waals surface area contributed by atoms with E-state index in [2.05, 4.69) is 15.6 Å². The number of nitrogens with one attached hydrogen (secondary N) is 2. The predicted molar refractivity (Wildman–Crippen MR) is 99.9 cm³/mol. The van der Waals surface area contributed by atoms with Gasteiger partial charge in [0, 0.05) is 11.3 Å². The zero-order chi connectivity index (χ0) is 18.5. The van der Waals surface area contributed by atoms with Crippen LogP contribution in [0.1, 0.15) is 10.4 Å². The Morgan fingerprint density at radius 1 is 1.08 bits per heavy atom. The van der Waals surface area contributed by atoms with E-state index in [1.54, 1.807) is 55.8 Å². The number of methoxy groups -OCH3 is 1. The molecule has 0 atom stereocenters. The van der Waals surface area contributed by atoms with Gasteiger partial charge in [0.1, 0.15) is 17.4 Å². The van der Waals surface area contributed by atoms with Crippen LogP contribution in [-0.4, -0.2) is 18.0 Å². The molecule has 1 amide bonds. The standard InChI is InChI=1S/C19H15ClFN3O2/c1-26-15-6-2-12(3-7-15)19(25)24-18-9-5-14(11-22-18)23-13-4-8-17(21)16(20)10-13/h2-11,23H,1H3,(H,22,24,25). The Kier molecular flexibility index (Phi) is 5.34. The van der Waals surface area contributed by atoms with Gasteiger partial charge in [-0.3, -0.25) is 4.79 Å². The summed E-state index contributed by atoms with van der Waals surface area (Å²) in [5.41, 5.74) is 1.80. The quantitative estimate of drug-likeness (QED) is 0.671. The van der Waals surface area contributed by atoms with Gasteiger partial charge < -0.3 is 15.4 Å². The summed E-state index contributed by atoms with van der Waals surface area (Å²) in [6.45, 7) is 0. The van der Waals surface area contributed by atoms with E-state index in [0.29, 0.717) is 28.5 Å². The van der Waals surface area contributed by atoms with Crippen molar-refractivity contribution in [2.75, 3.05) is 17.7 Å². The summed E-state index contributed by atoms with van der Waals surface area (Å²) < 4.78 is 18.2. The molecular formula is C19H15ClFN3O2. The lowest BCUT2D eigenvalue weighted by atomic mass is 10.2. The fourth-order valence-electron chi connectivity index (χ4n) is 2.21. The van der Waals surface area contributed by atoms with Crippen molar-refractivity contribution in [3.05, 3.63) is 77.2 Å². The minimum Gasteiger partial charge on any atom is -0.497 e. The first-order chi connectivity index (χ1) is 12.5. The maximum absolute atomic E-state index is 13.2. The minimum absolute atomic E-state index is 0.0336. The summed E-state index contributed by atoms with van der Waals surface area (Å²) in [6, 6.07) is 14.5. The van der Waals surface area contributed by atoms with Crippen molar-refractivity contribution < 1.29 is 13.9 Å². The summed E-state index contributed by atoms with van der Waals surface area (Å²) >= 11 is 5.75. The number of amides is 1. The van der Waals surface area contributed by atoms with E-state index in [1.165, 1.54) is 12.1 Å². The number of benzene rings is 2. The molecule has 0 saturated heterocycles. The largest absolute Gasteiger partial charge is 0.497 e. The number of ether oxygens (including phenoxy) is 1. The molecule has 2 N–H and O–H groups in total. The highest BCUT2D eigenvalue weighted by molar-refractivity contribution is 6.31. The highest BCUT2D eigenvalue weighted by atomic mass is 35.5. The number of aromatic nitrogens is 1. The Balaban J connectivity index is 1.65. The van der Waals surface area contributed by atoms with Gasteiger partial charge in [0.05, 0.1) is 24.0 Å². The Hall–Kier alpha value is -3.12. The van der Waals surface area contributed by atoms with Gasteiger partial charge in [-0.15, -0.1) is 0 Å². The average Bonchev–Trinajstić information content (AvgIpc) is 2.66. The van der Waals surface area contributed by atoms with Gasteiger partial charge in [-0.25, -0.2) is 9.37 Å². The summed E-state index contributed by atoms with van der Waals surface area (Å²) in [5.74, 6) is 0.336. The average molecular weight is 372 g/mol. The van der Waals surface area contributed by atoms with Crippen LogP contribution in [0.4, 0.5) is 21.6 Å². The Morgan fingerprint density at radius 3 is 2.42 bits per heavy atom. The van der Waals surface area contributed by atoms with Crippen molar-refractivity contribution in [1.82, 2.24) is 4.98 Å². The molecule has 7 heteroatoms. The van der Waals surface area contributed by atoms with Crippen molar-refractivity contribution >= 4 is 34.7 Å². The van der Waals surface area contributed by atoms with E-state index < -0.39 is 5.82 Å². The molecule has 132 valence electrons. The monoisotopic (exact) mass is 371 g/mol. The van der Waals surface area contributed by atoms with E-state index in [4.69, 9.17) is 16.3 Å². The normalized spacial score (nSPS) is 10.3. The van der Waals surface area contributed by atoms with E-state index >= 15 is 0 Å². The third-order valence-corrected chi connectivity index (χ3v) is 3.86. The molecule has 3 rings (SSSR count). The molecule has 2 aromatic carbocycles. The third kappa shape index (κ3) is 4.29. The molecular weight excluding hydrogens is 357 g/mol. The van der Waals surface area contributed by atoms with Crippen LogP contribution >= 0.6 is 11.6 Å². The predicted octanol–water partition coefficient (Wildman–Crippen LogP) is 4.88. The lowest BCUT2D eigenvalue weighted by molar-refractivity contribution is 0.102. The van der Waals surface area contributed by atoms with Crippen LogP contribution in [0, 0.1) is 5.82 Å². The summed E-state index contributed by atoms with van der Waals surface area (Å²) in [5, 5.41) is 5.80. The molecule has 0 aliphatic rings. The summed E-state index contributed by atoms with van der Waals surface area (Å²) in [6.07, 6.45) is 1.56. The van der Waals surface area contributed by atoms with E-state index in [9.17, 15) is 9.18 Å². The smallest absolute Gasteiger partial charge is 0.256 e. The van der Waals surface area contributed by atoms with E-state index in [1.807, 2.05) is 0 Å². The second-order valence-corrected chi connectivity index (χ2v) is 5.78. The number of hydrogen-bond donors (Lipinski definition) is 2. The van der Waals surface area contributed by atoms with Crippen molar-refractivity contribution in [2.45, 2.75) is 0 Å². The van der Waals surface area contributed by atoms with Gasteiger partial charge in [-0.2, -0.15) is 0 Å². The van der Waals surface area contributed by atoms with Gasteiger partial charge in [-0.05, 0) is 54.6 Å². The van der Waals surface area contributed by atoms with Gasteiger partial charge in [-0.1, -0.05) is 11.6 Å². The first kappa shape index (κ1) is 17.7. The Morgan fingerprint density at radius 2 is 1.81 bits per heavy atom. The fourth-order valence-corrected chi connectivity index (χ4v) is 2.39. The molecule has 5 nitrogen and oxygen atoms in total. The highest BCUT2D eigenvalue weighted by Gasteiger charge is 2.07. The second kappa shape index (κ2) is 7.84. The van der Waals surface area contributed by atoms with Crippen LogP contribution in [0.3, 0.4) is 0 Å². The van der Waals surface area contributed by atoms with Crippen LogP contribution in [0.25, 0.3) is 0 Å². The van der Waals surface area contributed by atoms with E-state index in [-0.39, 0.29) is 10.9 Å². The van der Waals surface area contributed by atoms with Crippen LogP contribution in [0.2, 0.25) is 5.02 Å². The van der Waals surface area contributed by atoms with E-state index in [0.717, 1.165) is 0 Å². The molecule has 1 heterocycles. The first-order valence-electron chi connectivity index (χ1n) is 7.69. The van der Waals surface area contributed by atoms with Gasteiger partial charge in [0.25, 0.3) is 5.91 Å². The van der Waals surface area contributed by atoms with Crippen LogP contribution in [0.15, 0.2) is 60.8 Å². The zero-order valence-corrected chi connectivity index (χ0v) is 14.5. The number of pyridine rings is 1. The Bertz CT molecular complexity index is 915. The molecule has 0 unspecified atom stereocenters. The fraction of sp³-hybridized carbons (Fsp3) is 0.0526. The summed E-state index contributed by atoms with van der Waals surface area (Å²) in [4.78, 5) is 16.4. The number of halogens is 2. The molecule has 3 aromatic rings. The molecule has 0 saturated carbocycles. The Labute approximate surface area is 154 Å². The number of hydrogen-bond acceptors (Lipinski definition) is 4. The molecule has 0 fully saturated rings. The SMILES string of the molecule is COc1ccc(C(=O)Nc2ccc(Nc3ccc(F)c(Cl)c3)cn2)cc1. The molecule has 0 aliphatic carbocycles. The minimum atomic E-state index is -0.480. The maximum atomic E-state index is 13.2. The molecule has 0 radical (unpaired) electrons. The van der Waals surface area contributed by atoms with Crippen LogP contribution in [0.5, 0.6) is 5.75 Å². The molecule has 0 spiro atoms. The third-order valence-electron chi connectivity index (χ3n) is 3.57. The number of rotatable bonds is 5. The highest BCUT2D eigenvalue weighted by Crippen LogP contribution is 2.23. The lowest BCUT2D eigenvalue weighted by Gasteiger charge is -2.09. The lowest BCUT2D eigenvalue weighted by Crippen LogP contribution is -2.12. The topological polar surface area (TPSA) is 63.2 Å². The number of carbonyl (C=O) groups is 1. The molecule has 1 aromatic heterocycles. The van der Waals surface area contributed by atoms with Crippen molar-refractivity contribution in [1.29, 1.82) is 0 Å². The maximum Gasteiger partial charge on any atom is 0.256 e. The number of anilines is 3. The van der Waals surface area contributed by atoms with Crippen LogP contribution in [-0.2, 0) is 0 Å². The van der Waals surface area contributed by atoms with Crippen LogP contribution < -0.4 is 15.4 Å². The van der Waals surface area contributed by atoms with Gasteiger partial charge in [0.2, 0.25) is 0 Å². The summed E-state index contributed by atoms with van der Waals surface area (Å²) in [7, 11) is 1.56. The number of carbonyl (C=O) groups excluding carboxylic acids is 1. The van der Waals surface area contributed by atoms with Crippen molar-refractivity contribution in [2.24, 2.45) is 0 Å². The van der Waals surface area contributed by atoms with Gasteiger partial charge >= 0.3 is 0 Å². The number of nitrogens with zero attached hydrogens (tertiary/aromatic N) is 1. The first-order valence-corrected chi connectivity index (χ1v) is 8.06. The molecule has 0 bridgehead atoms. The second-order valence-electron chi connectivity index (χ2n) is 5.37. The zero-order valence-electron chi connectivity index (χ0n) is 13.8. The molecule has 26 heavy (non-hydrogen) atoms. The van der Waals surface area contributed by atoms with Gasteiger partial charge in [0.15, 0.2) is 0 Å². The molecule has 0 aliphatic heterocycles.